The lowest BCUT2D eigenvalue weighted by Gasteiger charge is -2.20. The molecule has 7 nitrogen and oxygen atoms in total. The Morgan fingerprint density at radius 2 is 2.15 bits per heavy atom. The molecule has 1 fully saturated rings. The first-order chi connectivity index (χ1) is 12.7. The van der Waals surface area contributed by atoms with Crippen LogP contribution in [0, 0.1) is 0 Å². The zero-order valence-electron chi connectivity index (χ0n) is 15.5. The Hall–Kier alpha value is -1.29. The van der Waals surface area contributed by atoms with Crippen LogP contribution in [0.15, 0.2) is 16.5 Å². The van der Waals surface area contributed by atoms with Crippen molar-refractivity contribution in [2.45, 2.75) is 18.7 Å². The standard InChI is InChI=1S/C17H28N6OS2/c1-22(2)12-14-4-5-15(24-14)13-25-11-8-19-16-17(21-26-20-16)23-9-3-6-18-7-10-23/h4-5,18H,3,6-13H2,1-2H3,(H,19,20). The number of anilines is 2. The van der Waals surface area contributed by atoms with E-state index < -0.39 is 0 Å². The largest absolute Gasteiger partial charge is 0.464 e. The molecule has 2 aromatic rings. The summed E-state index contributed by atoms with van der Waals surface area (Å²) in [6.07, 6.45) is 1.14. The fourth-order valence-corrected chi connectivity index (χ4v) is 4.17. The molecule has 144 valence electrons. The van der Waals surface area contributed by atoms with Crippen molar-refractivity contribution in [3.8, 4) is 0 Å². The molecule has 0 aromatic carbocycles. The summed E-state index contributed by atoms with van der Waals surface area (Å²) in [4.78, 5) is 4.44. The van der Waals surface area contributed by atoms with Gasteiger partial charge < -0.3 is 24.9 Å². The molecule has 2 N–H and O–H groups in total. The van der Waals surface area contributed by atoms with Crippen molar-refractivity contribution < 1.29 is 4.42 Å². The van der Waals surface area contributed by atoms with Gasteiger partial charge in [-0.15, -0.1) is 0 Å². The lowest BCUT2D eigenvalue weighted by atomic mass is 10.4. The van der Waals surface area contributed by atoms with Crippen LogP contribution < -0.4 is 15.5 Å². The van der Waals surface area contributed by atoms with Crippen LogP contribution in [0.2, 0.25) is 0 Å². The third-order valence-corrected chi connectivity index (χ3v) is 5.58. The number of nitrogens with zero attached hydrogens (tertiary/aromatic N) is 4. The van der Waals surface area contributed by atoms with Gasteiger partial charge in [0.25, 0.3) is 0 Å². The molecular formula is C17H28N6OS2. The molecule has 1 saturated heterocycles. The van der Waals surface area contributed by atoms with Gasteiger partial charge in [0, 0.05) is 31.9 Å². The minimum absolute atomic E-state index is 0.845. The Labute approximate surface area is 163 Å². The fraction of sp³-hybridized carbons (Fsp3) is 0.647. The van der Waals surface area contributed by atoms with Crippen molar-refractivity contribution >= 4 is 35.1 Å². The van der Waals surface area contributed by atoms with Crippen molar-refractivity contribution in [2.24, 2.45) is 0 Å². The lowest BCUT2D eigenvalue weighted by Crippen LogP contribution is -2.28. The third kappa shape index (κ3) is 5.87. The van der Waals surface area contributed by atoms with Crippen LogP contribution in [0.25, 0.3) is 0 Å². The molecule has 3 heterocycles. The van der Waals surface area contributed by atoms with Gasteiger partial charge in [0.2, 0.25) is 0 Å². The quantitative estimate of drug-likeness (QED) is 0.626. The zero-order valence-corrected chi connectivity index (χ0v) is 17.2. The van der Waals surface area contributed by atoms with E-state index in [1.54, 1.807) is 0 Å². The highest BCUT2D eigenvalue weighted by atomic mass is 32.2. The first-order valence-electron chi connectivity index (χ1n) is 9.04. The average Bonchev–Trinajstić information content (AvgIpc) is 3.16. The SMILES string of the molecule is CN(C)Cc1ccc(CSCCNc2nsnc2N2CCCNCC2)o1. The first-order valence-corrected chi connectivity index (χ1v) is 10.9. The summed E-state index contributed by atoms with van der Waals surface area (Å²) in [5.74, 6) is 5.89. The molecule has 0 spiro atoms. The molecule has 0 unspecified atom stereocenters. The minimum atomic E-state index is 0.845. The monoisotopic (exact) mass is 396 g/mol. The van der Waals surface area contributed by atoms with E-state index >= 15 is 0 Å². The first kappa shape index (κ1) is 19.5. The second-order valence-corrected chi connectivity index (χ2v) is 8.25. The van der Waals surface area contributed by atoms with Crippen molar-refractivity contribution in [2.75, 3.05) is 62.8 Å². The van der Waals surface area contributed by atoms with Gasteiger partial charge in [-0.2, -0.15) is 20.5 Å². The highest BCUT2D eigenvalue weighted by Crippen LogP contribution is 2.24. The smallest absolute Gasteiger partial charge is 0.186 e. The van der Waals surface area contributed by atoms with Gasteiger partial charge in [-0.25, -0.2) is 0 Å². The Balaban J connectivity index is 1.39. The topological polar surface area (TPSA) is 69.5 Å². The Morgan fingerprint density at radius 1 is 1.27 bits per heavy atom. The van der Waals surface area contributed by atoms with E-state index in [4.69, 9.17) is 4.42 Å². The molecule has 26 heavy (non-hydrogen) atoms. The maximum absolute atomic E-state index is 5.84. The predicted octanol–water partition coefficient (Wildman–Crippen LogP) is 2.34. The van der Waals surface area contributed by atoms with E-state index in [0.717, 1.165) is 80.4 Å². The third-order valence-electron chi connectivity index (χ3n) is 4.08. The van der Waals surface area contributed by atoms with Gasteiger partial charge in [0.15, 0.2) is 11.6 Å². The molecule has 3 rings (SSSR count). The summed E-state index contributed by atoms with van der Waals surface area (Å²) in [7, 11) is 4.10. The molecule has 0 bridgehead atoms. The summed E-state index contributed by atoms with van der Waals surface area (Å²) >= 11 is 3.15. The molecule has 1 aliphatic heterocycles. The summed E-state index contributed by atoms with van der Waals surface area (Å²) in [6.45, 7) is 5.83. The molecule has 2 aromatic heterocycles. The molecule has 0 saturated carbocycles. The van der Waals surface area contributed by atoms with Gasteiger partial charge in [0.1, 0.15) is 11.5 Å². The van der Waals surface area contributed by atoms with E-state index in [0.29, 0.717) is 0 Å². The van der Waals surface area contributed by atoms with Crippen molar-refractivity contribution in [3.63, 3.8) is 0 Å². The van der Waals surface area contributed by atoms with E-state index in [2.05, 4.69) is 41.3 Å². The van der Waals surface area contributed by atoms with E-state index in [1.165, 1.54) is 11.7 Å². The van der Waals surface area contributed by atoms with Crippen LogP contribution >= 0.6 is 23.5 Å². The van der Waals surface area contributed by atoms with Gasteiger partial charge in [-0.3, -0.25) is 0 Å². The maximum atomic E-state index is 5.84. The second kappa shape index (κ2) is 10.1. The van der Waals surface area contributed by atoms with Crippen LogP contribution in [0.3, 0.4) is 0 Å². The van der Waals surface area contributed by atoms with Crippen LogP contribution in [0.1, 0.15) is 17.9 Å². The zero-order chi connectivity index (χ0) is 18.2. The van der Waals surface area contributed by atoms with Crippen molar-refractivity contribution in [1.29, 1.82) is 0 Å². The summed E-state index contributed by atoms with van der Waals surface area (Å²) in [6, 6.07) is 4.15. The Kier molecular flexibility index (Phi) is 7.60. The van der Waals surface area contributed by atoms with Gasteiger partial charge in [-0.05, 0) is 39.2 Å². The van der Waals surface area contributed by atoms with Gasteiger partial charge in [-0.1, -0.05) is 0 Å². The van der Waals surface area contributed by atoms with E-state index in [9.17, 15) is 0 Å². The number of furan rings is 1. The number of hydrogen-bond donors (Lipinski definition) is 2. The highest BCUT2D eigenvalue weighted by molar-refractivity contribution is 7.98. The molecular weight excluding hydrogens is 368 g/mol. The van der Waals surface area contributed by atoms with Gasteiger partial charge in [0.05, 0.1) is 24.0 Å². The summed E-state index contributed by atoms with van der Waals surface area (Å²) < 4.78 is 14.8. The maximum Gasteiger partial charge on any atom is 0.186 e. The molecule has 1 aliphatic rings. The van der Waals surface area contributed by atoms with E-state index in [-0.39, 0.29) is 0 Å². The van der Waals surface area contributed by atoms with Crippen LogP contribution in [-0.4, -0.2) is 66.2 Å². The number of rotatable bonds is 9. The Bertz CT molecular complexity index is 651. The molecule has 9 heteroatoms. The minimum Gasteiger partial charge on any atom is -0.464 e. The number of hydrogen-bond acceptors (Lipinski definition) is 9. The van der Waals surface area contributed by atoms with Crippen LogP contribution in [0.4, 0.5) is 11.6 Å². The molecule has 0 radical (unpaired) electrons. The average molecular weight is 397 g/mol. The van der Waals surface area contributed by atoms with Crippen molar-refractivity contribution in [3.05, 3.63) is 23.7 Å². The number of thioether (sulfide) groups is 1. The molecule has 0 amide bonds. The summed E-state index contributed by atoms with van der Waals surface area (Å²) in [5, 5.41) is 6.87. The molecule has 0 atom stereocenters. The van der Waals surface area contributed by atoms with E-state index in [1.807, 2.05) is 25.9 Å². The predicted molar refractivity (Wildman–Crippen MR) is 110 cm³/mol. The molecule has 0 aliphatic carbocycles. The fourth-order valence-electron chi connectivity index (χ4n) is 2.87. The highest BCUT2D eigenvalue weighted by Gasteiger charge is 2.17. The second-order valence-electron chi connectivity index (χ2n) is 6.61. The van der Waals surface area contributed by atoms with Crippen LogP contribution in [-0.2, 0) is 12.3 Å². The normalized spacial score (nSPS) is 15.4. The number of aromatic nitrogens is 2. The van der Waals surface area contributed by atoms with Gasteiger partial charge >= 0.3 is 0 Å². The van der Waals surface area contributed by atoms with Crippen molar-refractivity contribution in [1.82, 2.24) is 19.0 Å². The summed E-state index contributed by atoms with van der Waals surface area (Å²) in [5.41, 5.74) is 0. The van der Waals surface area contributed by atoms with Crippen LogP contribution in [0.5, 0.6) is 0 Å². The Morgan fingerprint density at radius 3 is 3.04 bits per heavy atom. The lowest BCUT2D eigenvalue weighted by molar-refractivity contribution is 0.344. The number of nitrogens with one attached hydrogen (secondary N) is 2.